The fourth-order valence-electron chi connectivity index (χ4n) is 2.63. The summed E-state index contributed by atoms with van der Waals surface area (Å²) in [4.78, 5) is 12.1. The van der Waals surface area contributed by atoms with Crippen LogP contribution in [0.4, 0.5) is 11.5 Å². The Morgan fingerprint density at radius 1 is 1.16 bits per heavy atom. The molecule has 1 heterocycles. The van der Waals surface area contributed by atoms with Crippen LogP contribution in [0.1, 0.15) is 17.7 Å². The highest BCUT2D eigenvalue weighted by molar-refractivity contribution is 7.92. The number of anilines is 2. The molecule has 1 aromatic heterocycles. The van der Waals surface area contributed by atoms with Gasteiger partial charge in [-0.15, -0.1) is 0 Å². The third kappa shape index (κ3) is 6.51. The minimum Gasteiger partial charge on any atom is -0.360 e. The number of sulfonamides is 1. The van der Waals surface area contributed by atoms with Crippen LogP contribution < -0.4 is 15.4 Å². The molecule has 8 nitrogen and oxygen atoms in total. The van der Waals surface area contributed by atoms with Crippen molar-refractivity contribution < 1.29 is 17.7 Å². The highest BCUT2D eigenvalue weighted by Crippen LogP contribution is 2.19. The Morgan fingerprint density at radius 3 is 2.52 bits per heavy atom. The van der Waals surface area contributed by atoms with Crippen molar-refractivity contribution in [3.8, 4) is 0 Å². The van der Waals surface area contributed by atoms with E-state index in [1.54, 1.807) is 13.0 Å². The largest absolute Gasteiger partial charge is 0.360 e. The lowest BCUT2D eigenvalue weighted by Crippen LogP contribution is -2.34. The molecule has 0 atom stereocenters. The van der Waals surface area contributed by atoms with Crippen molar-refractivity contribution in [1.29, 1.82) is 0 Å². The first-order chi connectivity index (χ1) is 14.7. The smallest absolute Gasteiger partial charge is 0.263 e. The fraction of sp³-hybridized carbons (Fsp3) is 0.150. The van der Waals surface area contributed by atoms with Crippen molar-refractivity contribution in [2.24, 2.45) is 0 Å². The number of halogens is 1. The summed E-state index contributed by atoms with van der Waals surface area (Å²) in [6, 6.07) is 14.7. The molecule has 11 heteroatoms. The first kappa shape index (κ1) is 22.7. The summed E-state index contributed by atoms with van der Waals surface area (Å²) < 4.78 is 32.0. The van der Waals surface area contributed by atoms with Gasteiger partial charge in [0.25, 0.3) is 10.0 Å². The van der Waals surface area contributed by atoms with Crippen molar-refractivity contribution in [1.82, 2.24) is 10.5 Å². The normalized spacial score (nSPS) is 11.0. The number of carbonyl (C=O) groups is 1. The number of amides is 1. The van der Waals surface area contributed by atoms with Gasteiger partial charge in [0, 0.05) is 23.2 Å². The van der Waals surface area contributed by atoms with E-state index in [0.717, 1.165) is 5.56 Å². The SMILES string of the molecule is Cc1cc(NS(=O)(=O)c2ccc(NC(=S)NC(=O)CCc3ccccc3Cl)cc2)no1. The van der Waals surface area contributed by atoms with Crippen molar-refractivity contribution in [2.45, 2.75) is 24.7 Å². The zero-order valence-corrected chi connectivity index (χ0v) is 18.8. The van der Waals surface area contributed by atoms with E-state index < -0.39 is 10.0 Å². The average molecular weight is 479 g/mol. The summed E-state index contributed by atoms with van der Waals surface area (Å²) in [5.41, 5.74) is 1.40. The molecular weight excluding hydrogens is 460 g/mol. The Hall–Kier alpha value is -2.95. The summed E-state index contributed by atoms with van der Waals surface area (Å²) in [6.07, 6.45) is 0.703. The predicted octanol–water partition coefficient (Wildman–Crippen LogP) is 3.88. The highest BCUT2D eigenvalue weighted by atomic mass is 35.5. The number of aromatic nitrogens is 1. The number of hydrogen-bond acceptors (Lipinski definition) is 6. The molecule has 0 radical (unpaired) electrons. The molecule has 2 aromatic carbocycles. The first-order valence-electron chi connectivity index (χ1n) is 9.13. The third-order valence-corrected chi connectivity index (χ3v) is 6.07. The number of hydrogen-bond donors (Lipinski definition) is 3. The molecule has 0 saturated heterocycles. The molecule has 31 heavy (non-hydrogen) atoms. The number of nitrogens with zero attached hydrogens (tertiary/aromatic N) is 1. The van der Waals surface area contributed by atoms with Gasteiger partial charge in [-0.05, 0) is 61.5 Å². The molecule has 0 aliphatic carbocycles. The summed E-state index contributed by atoms with van der Waals surface area (Å²) in [6.45, 7) is 1.66. The molecule has 0 bridgehead atoms. The van der Waals surface area contributed by atoms with E-state index in [2.05, 4.69) is 20.5 Å². The lowest BCUT2D eigenvalue weighted by molar-refractivity contribution is -0.119. The molecule has 0 spiro atoms. The number of rotatable bonds is 7. The van der Waals surface area contributed by atoms with E-state index in [-0.39, 0.29) is 28.2 Å². The van der Waals surface area contributed by atoms with Crippen molar-refractivity contribution in [2.75, 3.05) is 10.0 Å². The third-order valence-electron chi connectivity index (χ3n) is 4.12. The Labute approximate surface area is 190 Å². The van der Waals surface area contributed by atoms with Gasteiger partial charge in [0.2, 0.25) is 5.91 Å². The van der Waals surface area contributed by atoms with Gasteiger partial charge in [-0.2, -0.15) is 0 Å². The number of carbonyl (C=O) groups excluding carboxylic acids is 1. The van der Waals surface area contributed by atoms with Crippen molar-refractivity contribution in [3.05, 3.63) is 70.9 Å². The van der Waals surface area contributed by atoms with Crippen LogP contribution in [0.15, 0.2) is 64.0 Å². The number of aryl methyl sites for hydroxylation is 2. The second kappa shape index (κ2) is 9.90. The Kier molecular flexibility index (Phi) is 7.26. The monoisotopic (exact) mass is 478 g/mol. The van der Waals surface area contributed by atoms with E-state index >= 15 is 0 Å². The van der Waals surface area contributed by atoms with E-state index in [9.17, 15) is 13.2 Å². The molecule has 3 N–H and O–H groups in total. The molecule has 0 unspecified atom stereocenters. The lowest BCUT2D eigenvalue weighted by Gasteiger charge is -2.11. The van der Waals surface area contributed by atoms with Gasteiger partial charge in [0.1, 0.15) is 5.76 Å². The van der Waals surface area contributed by atoms with Crippen LogP contribution in [-0.2, 0) is 21.2 Å². The van der Waals surface area contributed by atoms with Gasteiger partial charge >= 0.3 is 0 Å². The quantitative estimate of drug-likeness (QED) is 0.441. The maximum absolute atomic E-state index is 12.4. The minimum atomic E-state index is -3.82. The van der Waals surface area contributed by atoms with Gasteiger partial charge in [0.15, 0.2) is 10.9 Å². The molecule has 0 aliphatic rings. The summed E-state index contributed by atoms with van der Waals surface area (Å²) in [7, 11) is -3.82. The summed E-state index contributed by atoms with van der Waals surface area (Å²) >= 11 is 11.2. The second-order valence-corrected chi connectivity index (χ2v) is 9.04. The molecule has 162 valence electrons. The molecule has 0 saturated carbocycles. The van der Waals surface area contributed by atoms with Crippen LogP contribution in [0.5, 0.6) is 0 Å². The molecule has 3 rings (SSSR count). The molecule has 1 amide bonds. The number of thiocarbonyl (C=S) groups is 1. The van der Waals surface area contributed by atoms with Gasteiger partial charge in [0.05, 0.1) is 4.90 Å². The van der Waals surface area contributed by atoms with Gasteiger partial charge in [-0.25, -0.2) is 8.42 Å². The van der Waals surface area contributed by atoms with E-state index in [1.165, 1.54) is 30.3 Å². The van der Waals surface area contributed by atoms with Crippen LogP contribution in [0, 0.1) is 6.92 Å². The fourth-order valence-corrected chi connectivity index (χ4v) is 4.08. The molecular formula is C20H19ClN4O4S2. The molecule has 3 aromatic rings. The van der Waals surface area contributed by atoms with Gasteiger partial charge < -0.3 is 15.2 Å². The first-order valence-corrected chi connectivity index (χ1v) is 11.4. The van der Waals surface area contributed by atoms with Crippen molar-refractivity contribution >= 4 is 56.4 Å². The van der Waals surface area contributed by atoms with Crippen LogP contribution in [0.3, 0.4) is 0 Å². The molecule has 0 aliphatic heterocycles. The van der Waals surface area contributed by atoms with E-state index in [0.29, 0.717) is 22.9 Å². The maximum atomic E-state index is 12.4. The predicted molar refractivity (Wildman–Crippen MR) is 123 cm³/mol. The highest BCUT2D eigenvalue weighted by Gasteiger charge is 2.16. The topological polar surface area (TPSA) is 113 Å². The summed E-state index contributed by atoms with van der Waals surface area (Å²) in [5.74, 6) is 0.323. The zero-order chi connectivity index (χ0) is 22.4. The number of benzene rings is 2. The maximum Gasteiger partial charge on any atom is 0.263 e. The lowest BCUT2D eigenvalue weighted by atomic mass is 10.1. The number of nitrogens with one attached hydrogen (secondary N) is 3. The summed E-state index contributed by atoms with van der Waals surface area (Å²) in [5, 5.41) is 9.76. The van der Waals surface area contributed by atoms with Crippen LogP contribution in [0.2, 0.25) is 5.02 Å². The van der Waals surface area contributed by atoms with E-state index in [4.69, 9.17) is 28.3 Å². The van der Waals surface area contributed by atoms with Crippen LogP contribution in [0.25, 0.3) is 0 Å². The van der Waals surface area contributed by atoms with Gasteiger partial charge in [-0.1, -0.05) is 35.0 Å². The minimum absolute atomic E-state index is 0.0356. The zero-order valence-electron chi connectivity index (χ0n) is 16.4. The van der Waals surface area contributed by atoms with Crippen LogP contribution in [-0.4, -0.2) is 24.6 Å². The Bertz CT molecular complexity index is 1190. The van der Waals surface area contributed by atoms with Crippen molar-refractivity contribution in [3.63, 3.8) is 0 Å². The van der Waals surface area contributed by atoms with Gasteiger partial charge in [-0.3, -0.25) is 9.52 Å². The Morgan fingerprint density at radius 2 is 1.87 bits per heavy atom. The standard InChI is InChI=1S/C20H19ClN4O4S2/c1-13-12-18(24-29-13)25-31(27,28)16-9-7-15(8-10-16)22-20(30)23-19(26)11-6-14-4-2-3-5-17(14)21/h2-5,7-10,12H,6,11H2,1H3,(H,24,25)(H2,22,23,26,30). The Balaban J connectivity index is 1.52. The molecule has 0 fully saturated rings. The van der Waals surface area contributed by atoms with Crippen LogP contribution >= 0.6 is 23.8 Å². The van der Waals surface area contributed by atoms with E-state index in [1.807, 2.05) is 18.2 Å². The second-order valence-electron chi connectivity index (χ2n) is 6.55. The average Bonchev–Trinajstić information content (AvgIpc) is 3.11.